The van der Waals surface area contributed by atoms with Crippen LogP contribution in [0.25, 0.3) is 11.0 Å². The number of aryl methyl sites for hydroxylation is 1. The molecule has 0 unspecified atom stereocenters. The highest BCUT2D eigenvalue weighted by molar-refractivity contribution is 7.11. The van der Waals surface area contributed by atoms with E-state index in [1.54, 1.807) is 11.3 Å². The molecule has 2 N–H and O–H groups in total. The molecule has 0 atom stereocenters. The van der Waals surface area contributed by atoms with E-state index in [9.17, 15) is 0 Å². The topological polar surface area (TPSA) is 56.7 Å². The molecule has 0 radical (unpaired) electrons. The van der Waals surface area contributed by atoms with E-state index in [1.165, 1.54) is 23.5 Å². The Balaban J connectivity index is 1.84. The molecule has 1 fully saturated rings. The van der Waals surface area contributed by atoms with Crippen molar-refractivity contribution in [1.82, 2.24) is 14.5 Å². The lowest BCUT2D eigenvalue weighted by Crippen LogP contribution is -2.03. The van der Waals surface area contributed by atoms with Crippen LogP contribution in [0.1, 0.15) is 34.5 Å². The minimum absolute atomic E-state index is 0.615. The van der Waals surface area contributed by atoms with E-state index < -0.39 is 0 Å². The summed E-state index contributed by atoms with van der Waals surface area (Å²) in [6, 6.07) is 5.99. The summed E-state index contributed by atoms with van der Waals surface area (Å²) in [5.41, 5.74) is 8.81. The zero-order valence-electron chi connectivity index (χ0n) is 11.3. The zero-order valence-corrected chi connectivity index (χ0v) is 12.2. The first-order valence-electron chi connectivity index (χ1n) is 6.87. The van der Waals surface area contributed by atoms with E-state index in [-0.39, 0.29) is 0 Å². The third-order valence-corrected chi connectivity index (χ3v) is 4.60. The number of benzene rings is 1. The number of anilines is 1. The summed E-state index contributed by atoms with van der Waals surface area (Å²) in [7, 11) is 0. The van der Waals surface area contributed by atoms with Gasteiger partial charge in [-0.05, 0) is 38.0 Å². The molecule has 20 heavy (non-hydrogen) atoms. The fourth-order valence-corrected chi connectivity index (χ4v) is 3.37. The second-order valence-electron chi connectivity index (χ2n) is 5.44. The molecule has 1 aromatic carbocycles. The van der Waals surface area contributed by atoms with Crippen molar-refractivity contribution in [3.8, 4) is 0 Å². The molecule has 102 valence electrons. The van der Waals surface area contributed by atoms with E-state index >= 15 is 0 Å². The number of aromatic nitrogens is 3. The predicted octanol–water partition coefficient (Wildman–Crippen LogP) is 3.31. The summed E-state index contributed by atoms with van der Waals surface area (Å²) < 4.78 is 2.31. The van der Waals surface area contributed by atoms with E-state index in [4.69, 9.17) is 10.7 Å². The molecule has 3 aromatic rings. The minimum Gasteiger partial charge on any atom is -0.399 e. The average molecular weight is 284 g/mol. The van der Waals surface area contributed by atoms with Crippen molar-refractivity contribution in [2.45, 2.75) is 32.2 Å². The number of thiazole rings is 1. The normalized spacial score (nSPS) is 15.1. The average Bonchev–Trinajstić information content (AvgIpc) is 3.10. The van der Waals surface area contributed by atoms with E-state index in [0.29, 0.717) is 5.92 Å². The summed E-state index contributed by atoms with van der Waals surface area (Å²) in [6.45, 7) is 2.90. The minimum atomic E-state index is 0.615. The Hall–Kier alpha value is -1.88. The quantitative estimate of drug-likeness (QED) is 0.751. The van der Waals surface area contributed by atoms with Gasteiger partial charge < -0.3 is 10.3 Å². The summed E-state index contributed by atoms with van der Waals surface area (Å²) >= 11 is 1.75. The standard InChI is InChI=1S/C15H16N4S/c1-9-7-17-14(20-9)8-19-13-5-4-11(16)6-12(13)18-15(19)10-2-3-10/h4-7,10H,2-3,8,16H2,1H3. The highest BCUT2D eigenvalue weighted by Gasteiger charge is 2.29. The molecule has 2 aromatic heterocycles. The number of nitrogens with two attached hydrogens (primary N) is 1. The van der Waals surface area contributed by atoms with Gasteiger partial charge in [-0.15, -0.1) is 11.3 Å². The van der Waals surface area contributed by atoms with Crippen LogP contribution >= 0.6 is 11.3 Å². The molecular formula is C15H16N4S. The van der Waals surface area contributed by atoms with Crippen LogP contribution < -0.4 is 5.73 Å². The molecule has 1 saturated carbocycles. The number of hydrogen-bond donors (Lipinski definition) is 1. The Bertz CT molecular complexity index is 782. The number of hydrogen-bond acceptors (Lipinski definition) is 4. The Morgan fingerprint density at radius 2 is 2.25 bits per heavy atom. The predicted molar refractivity (Wildman–Crippen MR) is 82.1 cm³/mol. The Kier molecular flexibility index (Phi) is 2.57. The number of nitrogen functional groups attached to an aromatic ring is 1. The highest BCUT2D eigenvalue weighted by Crippen LogP contribution is 2.41. The molecule has 0 aliphatic heterocycles. The lowest BCUT2D eigenvalue weighted by atomic mass is 10.3. The molecule has 1 aliphatic carbocycles. The van der Waals surface area contributed by atoms with Crippen molar-refractivity contribution in [1.29, 1.82) is 0 Å². The van der Waals surface area contributed by atoms with Crippen molar-refractivity contribution in [2.75, 3.05) is 5.73 Å². The van der Waals surface area contributed by atoms with Crippen LogP contribution in [-0.4, -0.2) is 14.5 Å². The van der Waals surface area contributed by atoms with E-state index in [0.717, 1.165) is 28.3 Å². The SMILES string of the molecule is Cc1cnc(Cn2c(C3CC3)nc3cc(N)ccc32)s1. The van der Waals surface area contributed by atoms with Crippen LogP contribution in [0.3, 0.4) is 0 Å². The first kappa shape index (κ1) is 11.9. The molecule has 0 saturated heterocycles. The number of fused-ring (bicyclic) bond motifs is 1. The number of rotatable bonds is 3. The third-order valence-electron chi connectivity index (χ3n) is 3.71. The molecule has 0 bridgehead atoms. The summed E-state index contributed by atoms with van der Waals surface area (Å²) in [5.74, 6) is 1.81. The number of imidazole rings is 1. The molecule has 4 rings (SSSR count). The lowest BCUT2D eigenvalue weighted by Gasteiger charge is -2.06. The number of nitrogens with zero attached hydrogens (tertiary/aromatic N) is 3. The van der Waals surface area contributed by atoms with Gasteiger partial charge in [-0.2, -0.15) is 0 Å². The first-order chi connectivity index (χ1) is 9.70. The maximum absolute atomic E-state index is 5.87. The van der Waals surface area contributed by atoms with Gasteiger partial charge in [0.25, 0.3) is 0 Å². The maximum Gasteiger partial charge on any atom is 0.113 e. The Morgan fingerprint density at radius 3 is 2.95 bits per heavy atom. The van der Waals surface area contributed by atoms with Crippen molar-refractivity contribution < 1.29 is 0 Å². The van der Waals surface area contributed by atoms with Crippen LogP contribution in [0.4, 0.5) is 5.69 Å². The molecule has 5 heteroatoms. The lowest BCUT2D eigenvalue weighted by molar-refractivity contribution is 0.742. The van der Waals surface area contributed by atoms with Gasteiger partial charge >= 0.3 is 0 Å². The fourth-order valence-electron chi connectivity index (χ4n) is 2.59. The van der Waals surface area contributed by atoms with Crippen molar-refractivity contribution in [3.05, 3.63) is 40.1 Å². The van der Waals surface area contributed by atoms with Crippen molar-refractivity contribution in [2.24, 2.45) is 0 Å². The van der Waals surface area contributed by atoms with Crippen LogP contribution in [0.5, 0.6) is 0 Å². The molecule has 0 amide bonds. The molecule has 1 aliphatic rings. The van der Waals surface area contributed by atoms with Crippen molar-refractivity contribution >= 4 is 28.1 Å². The van der Waals surface area contributed by atoms with Gasteiger partial charge in [-0.25, -0.2) is 9.97 Å². The monoisotopic (exact) mass is 284 g/mol. The van der Waals surface area contributed by atoms with Gasteiger partial charge in [0.2, 0.25) is 0 Å². The van der Waals surface area contributed by atoms with Gasteiger partial charge in [0.15, 0.2) is 0 Å². The van der Waals surface area contributed by atoms with E-state index in [1.807, 2.05) is 18.3 Å². The van der Waals surface area contributed by atoms with Gasteiger partial charge in [0, 0.05) is 22.7 Å². The van der Waals surface area contributed by atoms with Gasteiger partial charge in [-0.3, -0.25) is 0 Å². The maximum atomic E-state index is 5.87. The van der Waals surface area contributed by atoms with Crippen LogP contribution in [0, 0.1) is 6.92 Å². The largest absolute Gasteiger partial charge is 0.399 e. The first-order valence-corrected chi connectivity index (χ1v) is 7.69. The zero-order chi connectivity index (χ0) is 13.7. The van der Waals surface area contributed by atoms with Crippen LogP contribution in [0.2, 0.25) is 0 Å². The Labute approximate surface area is 121 Å². The smallest absolute Gasteiger partial charge is 0.113 e. The fraction of sp³-hybridized carbons (Fsp3) is 0.333. The van der Waals surface area contributed by atoms with Gasteiger partial charge in [-0.1, -0.05) is 0 Å². The van der Waals surface area contributed by atoms with E-state index in [2.05, 4.69) is 22.5 Å². The Morgan fingerprint density at radius 1 is 1.40 bits per heavy atom. The van der Waals surface area contributed by atoms with Gasteiger partial charge in [0.1, 0.15) is 10.8 Å². The summed E-state index contributed by atoms with van der Waals surface area (Å²) in [6.07, 6.45) is 4.43. The van der Waals surface area contributed by atoms with Crippen LogP contribution in [0.15, 0.2) is 24.4 Å². The second-order valence-corrected chi connectivity index (χ2v) is 6.76. The molecule has 2 heterocycles. The van der Waals surface area contributed by atoms with Crippen LogP contribution in [-0.2, 0) is 6.54 Å². The van der Waals surface area contributed by atoms with Crippen molar-refractivity contribution in [3.63, 3.8) is 0 Å². The van der Waals surface area contributed by atoms with Gasteiger partial charge in [0.05, 0.1) is 17.6 Å². The summed E-state index contributed by atoms with van der Waals surface area (Å²) in [5, 5.41) is 1.14. The molecular weight excluding hydrogens is 268 g/mol. The highest BCUT2D eigenvalue weighted by atomic mass is 32.1. The third kappa shape index (κ3) is 1.98. The summed E-state index contributed by atoms with van der Waals surface area (Å²) in [4.78, 5) is 10.5. The molecule has 0 spiro atoms. The molecule has 4 nitrogen and oxygen atoms in total. The second kappa shape index (κ2) is 4.31.